The van der Waals surface area contributed by atoms with E-state index in [4.69, 9.17) is 5.73 Å². The molecule has 0 atom stereocenters. The summed E-state index contributed by atoms with van der Waals surface area (Å²) in [5.74, 6) is 0.309. The van der Waals surface area contributed by atoms with E-state index >= 15 is 0 Å². The maximum absolute atomic E-state index is 11.4. The third kappa shape index (κ3) is 1.44. The first kappa shape index (κ1) is 9.67. The zero-order valence-corrected chi connectivity index (χ0v) is 8.84. The number of rotatable bonds is 1. The molecule has 0 saturated heterocycles. The van der Waals surface area contributed by atoms with Crippen molar-refractivity contribution in [3.8, 4) is 0 Å². The number of sulfone groups is 1. The smallest absolute Gasteiger partial charge is 0.154 e. The molecule has 0 saturated carbocycles. The number of hydrogen-bond donors (Lipinski definition) is 1. The topological polar surface area (TPSA) is 78.0 Å². The second kappa shape index (κ2) is 3.06. The Morgan fingerprint density at radius 1 is 1.57 bits per heavy atom. The molecule has 1 aliphatic heterocycles. The van der Waals surface area contributed by atoms with Crippen molar-refractivity contribution in [2.45, 2.75) is 18.7 Å². The molecular weight excluding hydrogens is 202 g/mol. The van der Waals surface area contributed by atoms with Crippen LogP contribution in [0.15, 0.2) is 0 Å². The maximum atomic E-state index is 11.4. The third-order valence-corrected chi connectivity index (χ3v) is 4.12. The first-order valence-electron chi connectivity index (χ1n) is 4.47. The molecule has 0 aromatic carbocycles. The van der Waals surface area contributed by atoms with Crippen molar-refractivity contribution in [3.05, 3.63) is 17.0 Å². The molecule has 78 valence electrons. The van der Waals surface area contributed by atoms with Crippen molar-refractivity contribution >= 4 is 9.84 Å². The van der Waals surface area contributed by atoms with Gasteiger partial charge in [-0.1, -0.05) is 0 Å². The molecule has 1 aromatic heterocycles. The van der Waals surface area contributed by atoms with Crippen LogP contribution in [0.4, 0.5) is 0 Å². The minimum Gasteiger partial charge on any atom is -0.325 e. The molecule has 0 radical (unpaired) electrons. The summed E-state index contributed by atoms with van der Waals surface area (Å²) in [7, 11) is -1.13. The van der Waals surface area contributed by atoms with Gasteiger partial charge in [-0.05, 0) is 0 Å². The van der Waals surface area contributed by atoms with Gasteiger partial charge in [0.1, 0.15) is 0 Å². The standard InChI is InChI=1S/C8H13N3O2S/c1-11-8(4-9)6-5-14(12,13)3-2-7(6)10-11/h2-5,9H2,1H3. The molecule has 0 spiro atoms. The summed E-state index contributed by atoms with van der Waals surface area (Å²) >= 11 is 0. The molecule has 0 bridgehead atoms. The highest BCUT2D eigenvalue weighted by Crippen LogP contribution is 2.22. The molecule has 6 heteroatoms. The lowest BCUT2D eigenvalue weighted by molar-refractivity contribution is 0.591. The number of hydrogen-bond acceptors (Lipinski definition) is 4. The number of fused-ring (bicyclic) bond motifs is 1. The summed E-state index contributed by atoms with van der Waals surface area (Å²) < 4.78 is 24.5. The molecule has 1 aliphatic rings. The van der Waals surface area contributed by atoms with Crippen LogP contribution in [0.5, 0.6) is 0 Å². The van der Waals surface area contributed by atoms with Crippen LogP contribution in [0.1, 0.15) is 17.0 Å². The van der Waals surface area contributed by atoms with Crippen LogP contribution in [0, 0.1) is 0 Å². The Morgan fingerprint density at radius 3 is 2.93 bits per heavy atom. The highest BCUT2D eigenvalue weighted by atomic mass is 32.2. The fourth-order valence-electron chi connectivity index (χ4n) is 1.83. The van der Waals surface area contributed by atoms with Crippen molar-refractivity contribution in [1.29, 1.82) is 0 Å². The van der Waals surface area contributed by atoms with Crippen LogP contribution in [-0.4, -0.2) is 24.0 Å². The van der Waals surface area contributed by atoms with Gasteiger partial charge < -0.3 is 5.73 Å². The van der Waals surface area contributed by atoms with Gasteiger partial charge in [0.05, 0.1) is 22.9 Å². The molecule has 0 aliphatic carbocycles. The van der Waals surface area contributed by atoms with E-state index in [0.29, 0.717) is 13.0 Å². The Morgan fingerprint density at radius 2 is 2.29 bits per heavy atom. The van der Waals surface area contributed by atoms with Gasteiger partial charge in [-0.2, -0.15) is 5.10 Å². The van der Waals surface area contributed by atoms with Crippen LogP contribution >= 0.6 is 0 Å². The second-order valence-electron chi connectivity index (χ2n) is 3.54. The summed E-state index contributed by atoms with van der Waals surface area (Å²) in [6.07, 6.45) is 0.519. The van der Waals surface area contributed by atoms with Gasteiger partial charge in [-0.25, -0.2) is 8.42 Å². The maximum Gasteiger partial charge on any atom is 0.154 e. The van der Waals surface area contributed by atoms with E-state index in [2.05, 4.69) is 5.10 Å². The van der Waals surface area contributed by atoms with E-state index in [0.717, 1.165) is 17.0 Å². The lowest BCUT2D eigenvalue weighted by Gasteiger charge is -2.11. The van der Waals surface area contributed by atoms with Crippen molar-refractivity contribution in [2.75, 3.05) is 5.75 Å². The van der Waals surface area contributed by atoms with Crippen molar-refractivity contribution in [2.24, 2.45) is 12.8 Å². The molecule has 2 rings (SSSR count). The number of nitrogens with two attached hydrogens (primary N) is 1. The summed E-state index contributed by atoms with van der Waals surface area (Å²) in [5.41, 5.74) is 8.10. The van der Waals surface area contributed by atoms with Crippen LogP contribution < -0.4 is 5.73 Å². The van der Waals surface area contributed by atoms with E-state index in [1.54, 1.807) is 11.7 Å². The van der Waals surface area contributed by atoms with Gasteiger partial charge in [0.2, 0.25) is 0 Å². The first-order chi connectivity index (χ1) is 6.53. The fourth-order valence-corrected chi connectivity index (χ4v) is 3.25. The van der Waals surface area contributed by atoms with Gasteiger partial charge in [0, 0.05) is 25.6 Å². The van der Waals surface area contributed by atoms with Crippen LogP contribution in [-0.2, 0) is 35.6 Å². The molecule has 1 aromatic rings. The van der Waals surface area contributed by atoms with Crippen LogP contribution in [0.2, 0.25) is 0 Å². The summed E-state index contributed by atoms with van der Waals surface area (Å²) in [6, 6.07) is 0. The molecule has 0 amide bonds. The predicted molar refractivity (Wildman–Crippen MR) is 52.3 cm³/mol. The Bertz CT molecular complexity index is 461. The summed E-state index contributed by atoms with van der Waals surface area (Å²) in [6.45, 7) is 0.342. The van der Waals surface area contributed by atoms with Gasteiger partial charge in [-0.15, -0.1) is 0 Å². The van der Waals surface area contributed by atoms with Gasteiger partial charge >= 0.3 is 0 Å². The molecule has 2 heterocycles. The average molecular weight is 215 g/mol. The number of nitrogens with zero attached hydrogens (tertiary/aromatic N) is 2. The Hall–Kier alpha value is -0.880. The zero-order valence-electron chi connectivity index (χ0n) is 8.02. The van der Waals surface area contributed by atoms with Crippen molar-refractivity contribution in [1.82, 2.24) is 9.78 Å². The Balaban J connectivity index is 2.54. The van der Waals surface area contributed by atoms with E-state index in [-0.39, 0.29) is 11.5 Å². The van der Waals surface area contributed by atoms with Crippen molar-refractivity contribution < 1.29 is 8.42 Å². The third-order valence-electron chi connectivity index (χ3n) is 2.57. The summed E-state index contributed by atoms with van der Waals surface area (Å²) in [5, 5.41) is 4.26. The largest absolute Gasteiger partial charge is 0.325 e. The number of aryl methyl sites for hydroxylation is 2. The highest BCUT2D eigenvalue weighted by molar-refractivity contribution is 7.90. The predicted octanol–water partition coefficient (Wildman–Crippen LogP) is -0.650. The minimum absolute atomic E-state index is 0.0999. The van der Waals surface area contributed by atoms with Gasteiger partial charge in [-0.3, -0.25) is 4.68 Å². The lowest BCUT2D eigenvalue weighted by atomic mass is 10.1. The van der Waals surface area contributed by atoms with Crippen LogP contribution in [0.3, 0.4) is 0 Å². The van der Waals surface area contributed by atoms with E-state index in [1.807, 2.05) is 0 Å². The van der Waals surface area contributed by atoms with E-state index < -0.39 is 9.84 Å². The summed E-state index contributed by atoms with van der Waals surface area (Å²) in [4.78, 5) is 0. The quantitative estimate of drug-likeness (QED) is 0.675. The van der Waals surface area contributed by atoms with Crippen LogP contribution in [0.25, 0.3) is 0 Å². The molecule has 5 nitrogen and oxygen atoms in total. The van der Waals surface area contributed by atoms with E-state index in [9.17, 15) is 8.42 Å². The van der Waals surface area contributed by atoms with Gasteiger partial charge in [0.15, 0.2) is 9.84 Å². The highest BCUT2D eigenvalue weighted by Gasteiger charge is 2.26. The average Bonchev–Trinajstić information content (AvgIpc) is 2.39. The normalized spacial score (nSPS) is 19.3. The minimum atomic E-state index is -2.92. The fraction of sp³-hybridized carbons (Fsp3) is 0.625. The molecular formula is C8H13N3O2S. The van der Waals surface area contributed by atoms with Gasteiger partial charge in [0.25, 0.3) is 0 Å². The number of aromatic nitrogens is 2. The van der Waals surface area contributed by atoms with E-state index in [1.165, 1.54) is 0 Å². The zero-order chi connectivity index (χ0) is 10.3. The first-order valence-corrected chi connectivity index (χ1v) is 6.30. The van der Waals surface area contributed by atoms with Crippen molar-refractivity contribution in [3.63, 3.8) is 0 Å². The molecule has 2 N–H and O–H groups in total. The molecule has 0 fully saturated rings. The second-order valence-corrected chi connectivity index (χ2v) is 5.73. The SMILES string of the molecule is Cn1nc2c(c1CN)CS(=O)(=O)CC2. The monoisotopic (exact) mass is 215 g/mol. The molecule has 0 unspecified atom stereocenters. The molecule has 14 heavy (non-hydrogen) atoms. The lowest BCUT2D eigenvalue weighted by Crippen LogP contribution is -2.19. The Labute approximate surface area is 82.8 Å². The Kier molecular flexibility index (Phi) is 2.11.